The topological polar surface area (TPSA) is 54.5 Å². The van der Waals surface area contributed by atoms with Gasteiger partial charge in [0.25, 0.3) is 5.91 Å². The number of thiophene rings is 1. The molecule has 0 unspecified atom stereocenters. The number of hydrogen-bond acceptors (Lipinski definition) is 5. The summed E-state index contributed by atoms with van der Waals surface area (Å²) in [6.45, 7) is 4.53. The lowest BCUT2D eigenvalue weighted by Gasteiger charge is -2.49. The highest BCUT2D eigenvalue weighted by atomic mass is 35.5. The Balaban J connectivity index is 1.41. The number of piperidine rings is 3. The predicted molar refractivity (Wildman–Crippen MR) is 98.7 cm³/mol. The Morgan fingerprint density at radius 3 is 2.80 bits per heavy atom. The Morgan fingerprint density at radius 1 is 1.32 bits per heavy atom. The van der Waals surface area contributed by atoms with E-state index in [9.17, 15) is 4.79 Å². The molecule has 0 saturated carbocycles. The van der Waals surface area contributed by atoms with Crippen LogP contribution in [0.2, 0.25) is 5.02 Å². The molecule has 2 aromatic rings. The Hall–Kier alpha value is -1.63. The Morgan fingerprint density at radius 2 is 2.12 bits per heavy atom. The molecule has 0 aromatic carbocycles. The third-order valence-corrected chi connectivity index (χ3v) is 6.37. The van der Waals surface area contributed by atoms with Crippen molar-refractivity contribution in [3.05, 3.63) is 40.4 Å². The molecule has 132 valence electrons. The van der Waals surface area contributed by atoms with Crippen molar-refractivity contribution in [2.24, 2.45) is 5.92 Å². The van der Waals surface area contributed by atoms with Gasteiger partial charge in [-0.25, -0.2) is 4.98 Å². The van der Waals surface area contributed by atoms with E-state index in [4.69, 9.17) is 16.3 Å². The number of amides is 1. The first-order chi connectivity index (χ1) is 12.1. The molecule has 5 nitrogen and oxygen atoms in total. The first-order valence-corrected chi connectivity index (χ1v) is 9.74. The molecule has 1 amide bonds. The summed E-state index contributed by atoms with van der Waals surface area (Å²) in [6.07, 6.45) is 3.89. The fourth-order valence-electron chi connectivity index (χ4n) is 3.79. The second kappa shape index (κ2) is 6.94. The first kappa shape index (κ1) is 16.8. The molecular weight excluding hydrogens is 358 g/mol. The molecular formula is C18H20ClN3O2S. The summed E-state index contributed by atoms with van der Waals surface area (Å²) >= 11 is 7.15. The number of ether oxygens (including phenoxy) is 1. The molecule has 5 rings (SSSR count). The highest BCUT2D eigenvalue weighted by molar-refractivity contribution is 7.15. The lowest BCUT2D eigenvalue weighted by Crippen LogP contribution is -2.62. The molecule has 2 bridgehead atoms. The lowest BCUT2D eigenvalue weighted by atomic mass is 9.79. The van der Waals surface area contributed by atoms with Gasteiger partial charge in [0.05, 0.1) is 9.90 Å². The van der Waals surface area contributed by atoms with E-state index in [1.54, 1.807) is 24.3 Å². The van der Waals surface area contributed by atoms with Crippen LogP contribution in [0.25, 0.3) is 0 Å². The molecule has 0 spiro atoms. The smallest absolute Gasteiger partial charge is 0.261 e. The van der Waals surface area contributed by atoms with Gasteiger partial charge in [-0.05, 0) is 57.0 Å². The predicted octanol–water partition coefficient (Wildman–Crippen LogP) is 3.80. The zero-order chi connectivity index (χ0) is 17.4. The highest BCUT2D eigenvalue weighted by Gasteiger charge is 2.40. The summed E-state index contributed by atoms with van der Waals surface area (Å²) in [5.41, 5.74) is 0. The molecule has 0 aliphatic carbocycles. The van der Waals surface area contributed by atoms with E-state index >= 15 is 0 Å². The molecule has 7 heteroatoms. The number of nitrogens with one attached hydrogen (secondary N) is 1. The van der Waals surface area contributed by atoms with Crippen LogP contribution in [0.5, 0.6) is 10.9 Å². The minimum Gasteiger partial charge on any atom is -0.428 e. The summed E-state index contributed by atoms with van der Waals surface area (Å²) < 4.78 is 5.69. The average molecular weight is 378 g/mol. The number of aromatic nitrogens is 1. The SMILES string of the molecule is C[C@H]1[C@H](NC(=O)c2ccc(Oc3ccc(Cl)cn3)s2)C2CCN1CC2. The van der Waals surface area contributed by atoms with E-state index < -0.39 is 0 Å². The molecule has 3 aliphatic rings. The largest absolute Gasteiger partial charge is 0.428 e. The van der Waals surface area contributed by atoms with Crippen molar-refractivity contribution in [3.63, 3.8) is 0 Å². The van der Waals surface area contributed by atoms with E-state index in [0.29, 0.717) is 32.8 Å². The number of pyridine rings is 1. The van der Waals surface area contributed by atoms with E-state index in [0.717, 1.165) is 13.1 Å². The van der Waals surface area contributed by atoms with Crippen molar-refractivity contribution in [2.45, 2.75) is 31.8 Å². The van der Waals surface area contributed by atoms with Gasteiger partial charge in [-0.3, -0.25) is 9.69 Å². The zero-order valence-electron chi connectivity index (χ0n) is 13.9. The van der Waals surface area contributed by atoms with Crippen LogP contribution in [-0.4, -0.2) is 41.0 Å². The lowest BCUT2D eigenvalue weighted by molar-refractivity contribution is 0.0218. The molecule has 3 fully saturated rings. The van der Waals surface area contributed by atoms with E-state index in [1.807, 2.05) is 0 Å². The summed E-state index contributed by atoms with van der Waals surface area (Å²) in [5, 5.41) is 4.44. The van der Waals surface area contributed by atoms with Crippen molar-refractivity contribution in [1.29, 1.82) is 0 Å². The van der Waals surface area contributed by atoms with Crippen LogP contribution < -0.4 is 10.1 Å². The van der Waals surface area contributed by atoms with Gasteiger partial charge in [0, 0.05) is 24.3 Å². The second-order valence-electron chi connectivity index (χ2n) is 6.65. The van der Waals surface area contributed by atoms with Gasteiger partial charge in [0.2, 0.25) is 5.88 Å². The van der Waals surface area contributed by atoms with Crippen LogP contribution in [0.15, 0.2) is 30.5 Å². The van der Waals surface area contributed by atoms with Crippen molar-refractivity contribution < 1.29 is 9.53 Å². The van der Waals surface area contributed by atoms with Crippen LogP contribution in [0, 0.1) is 5.92 Å². The van der Waals surface area contributed by atoms with Crippen LogP contribution in [0.4, 0.5) is 0 Å². The molecule has 3 aliphatic heterocycles. The van der Waals surface area contributed by atoms with Gasteiger partial charge >= 0.3 is 0 Å². The maximum Gasteiger partial charge on any atom is 0.261 e. The minimum atomic E-state index is -0.0190. The molecule has 2 aromatic heterocycles. The fraction of sp³-hybridized carbons (Fsp3) is 0.444. The number of rotatable bonds is 4. The van der Waals surface area contributed by atoms with Gasteiger partial charge < -0.3 is 10.1 Å². The van der Waals surface area contributed by atoms with Gasteiger partial charge in [-0.2, -0.15) is 0 Å². The number of nitrogens with zero attached hydrogens (tertiary/aromatic N) is 2. The van der Waals surface area contributed by atoms with E-state index in [-0.39, 0.29) is 11.9 Å². The molecule has 0 radical (unpaired) electrons. The van der Waals surface area contributed by atoms with E-state index in [2.05, 4.69) is 22.1 Å². The standard InChI is InChI=1S/C18H20ClN3O2S/c1-11-17(12-6-8-22(11)9-7-12)21-18(23)14-3-5-16(25-14)24-15-4-2-13(19)10-20-15/h2-5,10-12,17H,6-9H2,1H3,(H,21,23)/t11-,17-/m0/s1. The number of carbonyl (C=O) groups excluding carboxylic acids is 1. The molecule has 5 heterocycles. The minimum absolute atomic E-state index is 0.0190. The second-order valence-corrected chi connectivity index (χ2v) is 8.13. The summed E-state index contributed by atoms with van der Waals surface area (Å²) in [5.74, 6) is 1.04. The van der Waals surface area contributed by atoms with Crippen molar-refractivity contribution in [1.82, 2.24) is 15.2 Å². The number of fused-ring (bicyclic) bond motifs is 3. The number of hydrogen-bond donors (Lipinski definition) is 1. The third kappa shape index (κ3) is 3.52. The van der Waals surface area contributed by atoms with Crippen LogP contribution in [-0.2, 0) is 0 Å². The zero-order valence-corrected chi connectivity index (χ0v) is 15.5. The fourth-order valence-corrected chi connectivity index (χ4v) is 4.67. The molecule has 1 N–H and O–H groups in total. The monoisotopic (exact) mass is 377 g/mol. The van der Waals surface area contributed by atoms with Crippen molar-refractivity contribution in [3.8, 4) is 10.9 Å². The van der Waals surface area contributed by atoms with Gasteiger partial charge in [-0.15, -0.1) is 0 Å². The molecule has 25 heavy (non-hydrogen) atoms. The Kier molecular flexibility index (Phi) is 4.67. The average Bonchev–Trinajstić information content (AvgIpc) is 3.09. The number of carbonyl (C=O) groups is 1. The number of halogens is 1. The summed E-state index contributed by atoms with van der Waals surface area (Å²) in [7, 11) is 0. The van der Waals surface area contributed by atoms with Crippen LogP contribution in [0.3, 0.4) is 0 Å². The highest BCUT2D eigenvalue weighted by Crippen LogP contribution is 2.33. The quantitative estimate of drug-likeness (QED) is 0.880. The maximum absolute atomic E-state index is 12.6. The molecule has 3 saturated heterocycles. The van der Waals surface area contributed by atoms with Crippen LogP contribution in [0.1, 0.15) is 29.4 Å². The Labute approximate surface area is 156 Å². The normalized spacial score (nSPS) is 27.9. The molecule has 2 atom stereocenters. The van der Waals surface area contributed by atoms with Gasteiger partial charge in [-0.1, -0.05) is 22.9 Å². The van der Waals surface area contributed by atoms with Gasteiger partial charge in [0.1, 0.15) is 0 Å². The maximum atomic E-state index is 12.6. The van der Waals surface area contributed by atoms with Gasteiger partial charge in [0.15, 0.2) is 5.06 Å². The van der Waals surface area contributed by atoms with Crippen LogP contribution >= 0.6 is 22.9 Å². The van der Waals surface area contributed by atoms with E-state index in [1.165, 1.54) is 30.4 Å². The van der Waals surface area contributed by atoms with Crippen molar-refractivity contribution in [2.75, 3.05) is 13.1 Å². The Bertz CT molecular complexity index is 754. The summed E-state index contributed by atoms with van der Waals surface area (Å²) in [6, 6.07) is 7.67. The van der Waals surface area contributed by atoms with Crippen molar-refractivity contribution >= 4 is 28.8 Å². The first-order valence-electron chi connectivity index (χ1n) is 8.54. The summed E-state index contributed by atoms with van der Waals surface area (Å²) in [4.78, 5) is 19.9. The third-order valence-electron chi connectivity index (χ3n) is 5.19.